The van der Waals surface area contributed by atoms with Gasteiger partial charge in [0, 0.05) is 6.42 Å². The van der Waals surface area contributed by atoms with Crippen molar-refractivity contribution in [3.8, 4) is 0 Å². The van der Waals surface area contributed by atoms with Gasteiger partial charge in [0.1, 0.15) is 0 Å². The standard InChI is InChI=1S/C15H19NO3/c1-2-6-13(17)12-9-14(18)16(15(12)19)10-11-7-4-3-5-8-11/h3-5,7-8,12-13,17H,2,6,9-10H2,1H3/t12?,13-/m0/s1. The Morgan fingerprint density at radius 3 is 2.63 bits per heavy atom. The third-order valence-corrected chi connectivity index (χ3v) is 3.51. The molecule has 0 bridgehead atoms. The molecule has 0 aliphatic carbocycles. The number of hydrogen-bond donors (Lipinski definition) is 1. The summed E-state index contributed by atoms with van der Waals surface area (Å²) in [5, 5.41) is 9.92. The van der Waals surface area contributed by atoms with Crippen LogP contribution in [0.3, 0.4) is 0 Å². The molecule has 1 unspecified atom stereocenters. The highest BCUT2D eigenvalue weighted by molar-refractivity contribution is 6.03. The highest BCUT2D eigenvalue weighted by Crippen LogP contribution is 2.26. The van der Waals surface area contributed by atoms with E-state index >= 15 is 0 Å². The minimum absolute atomic E-state index is 0.132. The summed E-state index contributed by atoms with van der Waals surface area (Å²) in [6.45, 7) is 2.25. The fourth-order valence-corrected chi connectivity index (χ4v) is 2.44. The summed E-state index contributed by atoms with van der Waals surface area (Å²) >= 11 is 0. The fourth-order valence-electron chi connectivity index (χ4n) is 2.44. The van der Waals surface area contributed by atoms with Gasteiger partial charge in [0.05, 0.1) is 18.6 Å². The van der Waals surface area contributed by atoms with E-state index in [1.807, 2.05) is 37.3 Å². The van der Waals surface area contributed by atoms with E-state index in [1.54, 1.807) is 0 Å². The number of imide groups is 1. The van der Waals surface area contributed by atoms with Crippen LogP contribution in [0, 0.1) is 5.92 Å². The first-order chi connectivity index (χ1) is 9.13. The van der Waals surface area contributed by atoms with Gasteiger partial charge < -0.3 is 5.11 Å². The van der Waals surface area contributed by atoms with E-state index in [1.165, 1.54) is 4.90 Å². The average molecular weight is 261 g/mol. The summed E-state index contributed by atoms with van der Waals surface area (Å²) in [4.78, 5) is 25.3. The third kappa shape index (κ3) is 3.01. The van der Waals surface area contributed by atoms with E-state index < -0.39 is 12.0 Å². The molecule has 1 aromatic carbocycles. The molecule has 4 nitrogen and oxygen atoms in total. The molecule has 1 fully saturated rings. The van der Waals surface area contributed by atoms with E-state index in [0.29, 0.717) is 13.0 Å². The second-order valence-electron chi connectivity index (χ2n) is 4.97. The molecular formula is C15H19NO3. The fraction of sp³-hybridized carbons (Fsp3) is 0.467. The van der Waals surface area contributed by atoms with E-state index in [9.17, 15) is 14.7 Å². The number of carbonyl (C=O) groups excluding carboxylic acids is 2. The van der Waals surface area contributed by atoms with Gasteiger partial charge in [-0.25, -0.2) is 0 Å². The van der Waals surface area contributed by atoms with Crippen LogP contribution in [0.4, 0.5) is 0 Å². The monoisotopic (exact) mass is 261 g/mol. The molecule has 1 saturated heterocycles. The summed E-state index contributed by atoms with van der Waals surface area (Å²) in [5.74, 6) is -0.986. The first kappa shape index (κ1) is 13.7. The number of aliphatic hydroxyl groups is 1. The molecule has 102 valence electrons. The minimum Gasteiger partial charge on any atom is -0.392 e. The number of aliphatic hydroxyl groups excluding tert-OH is 1. The highest BCUT2D eigenvalue weighted by Gasteiger charge is 2.41. The van der Waals surface area contributed by atoms with Crippen LogP contribution in [-0.2, 0) is 16.1 Å². The van der Waals surface area contributed by atoms with Crippen molar-refractivity contribution in [1.82, 2.24) is 4.90 Å². The summed E-state index contributed by atoms with van der Waals surface area (Å²) in [6.07, 6.45) is 0.787. The molecule has 2 rings (SSSR count). The average Bonchev–Trinajstić information content (AvgIpc) is 2.68. The summed E-state index contributed by atoms with van der Waals surface area (Å²) in [5.41, 5.74) is 0.926. The molecule has 2 atom stereocenters. The molecule has 1 aliphatic heterocycles. The van der Waals surface area contributed by atoms with E-state index in [0.717, 1.165) is 12.0 Å². The quantitative estimate of drug-likeness (QED) is 0.821. The van der Waals surface area contributed by atoms with Gasteiger partial charge in [-0.3, -0.25) is 14.5 Å². The van der Waals surface area contributed by atoms with Crippen LogP contribution in [0.2, 0.25) is 0 Å². The van der Waals surface area contributed by atoms with Crippen LogP contribution in [-0.4, -0.2) is 27.9 Å². The molecule has 2 amide bonds. The number of nitrogens with zero attached hydrogens (tertiary/aromatic N) is 1. The first-order valence-electron chi connectivity index (χ1n) is 6.69. The van der Waals surface area contributed by atoms with E-state index in [2.05, 4.69) is 0 Å². The van der Waals surface area contributed by atoms with Gasteiger partial charge in [-0.2, -0.15) is 0 Å². The maximum atomic E-state index is 12.2. The molecule has 1 aliphatic rings. The topological polar surface area (TPSA) is 57.6 Å². The molecule has 0 radical (unpaired) electrons. The van der Waals surface area contributed by atoms with Crippen molar-refractivity contribution in [2.75, 3.05) is 0 Å². The Morgan fingerprint density at radius 1 is 1.32 bits per heavy atom. The van der Waals surface area contributed by atoms with Crippen molar-refractivity contribution in [1.29, 1.82) is 0 Å². The SMILES string of the molecule is CCC[C@H](O)C1CC(=O)N(Cc2ccccc2)C1=O. The van der Waals surface area contributed by atoms with Crippen LogP contribution >= 0.6 is 0 Å². The number of amides is 2. The highest BCUT2D eigenvalue weighted by atomic mass is 16.3. The number of benzene rings is 1. The van der Waals surface area contributed by atoms with Gasteiger partial charge in [-0.15, -0.1) is 0 Å². The van der Waals surface area contributed by atoms with Crippen molar-refractivity contribution < 1.29 is 14.7 Å². The minimum atomic E-state index is -0.706. The molecular weight excluding hydrogens is 242 g/mol. The predicted octanol–water partition coefficient (Wildman–Crippen LogP) is 1.72. The lowest BCUT2D eigenvalue weighted by atomic mass is 9.97. The Hall–Kier alpha value is -1.68. The van der Waals surface area contributed by atoms with E-state index in [-0.39, 0.29) is 18.2 Å². The first-order valence-corrected chi connectivity index (χ1v) is 6.69. The zero-order chi connectivity index (χ0) is 13.8. The smallest absolute Gasteiger partial charge is 0.235 e. The number of carbonyl (C=O) groups is 2. The van der Waals surface area contributed by atoms with Gasteiger partial charge in [-0.1, -0.05) is 43.7 Å². The van der Waals surface area contributed by atoms with Crippen LogP contribution in [0.1, 0.15) is 31.7 Å². The molecule has 1 heterocycles. The third-order valence-electron chi connectivity index (χ3n) is 3.51. The van der Waals surface area contributed by atoms with Crippen molar-refractivity contribution in [3.05, 3.63) is 35.9 Å². The van der Waals surface area contributed by atoms with Crippen molar-refractivity contribution in [2.45, 2.75) is 38.8 Å². The molecule has 1 N–H and O–H groups in total. The predicted molar refractivity (Wildman–Crippen MR) is 71.0 cm³/mol. The van der Waals surface area contributed by atoms with Gasteiger partial charge in [0.25, 0.3) is 0 Å². The zero-order valence-corrected chi connectivity index (χ0v) is 11.1. The van der Waals surface area contributed by atoms with Crippen molar-refractivity contribution in [2.24, 2.45) is 5.92 Å². The molecule has 4 heteroatoms. The Bertz CT molecular complexity index is 458. The maximum Gasteiger partial charge on any atom is 0.235 e. The molecule has 0 spiro atoms. The Balaban J connectivity index is 2.06. The van der Waals surface area contributed by atoms with Gasteiger partial charge in [0.15, 0.2) is 0 Å². The van der Waals surface area contributed by atoms with Gasteiger partial charge in [0.2, 0.25) is 11.8 Å². The second kappa shape index (κ2) is 5.97. The number of likely N-dealkylation sites (tertiary alicyclic amines) is 1. The zero-order valence-electron chi connectivity index (χ0n) is 11.1. The van der Waals surface area contributed by atoms with Crippen molar-refractivity contribution in [3.63, 3.8) is 0 Å². The lowest BCUT2D eigenvalue weighted by Crippen LogP contribution is -2.33. The molecule has 0 aromatic heterocycles. The van der Waals surface area contributed by atoms with Crippen LogP contribution in [0.15, 0.2) is 30.3 Å². The molecule has 19 heavy (non-hydrogen) atoms. The van der Waals surface area contributed by atoms with Crippen LogP contribution in [0.5, 0.6) is 0 Å². The lowest BCUT2D eigenvalue weighted by molar-refractivity contribution is -0.141. The summed E-state index contributed by atoms with van der Waals surface area (Å²) in [7, 11) is 0. The van der Waals surface area contributed by atoms with Crippen LogP contribution in [0.25, 0.3) is 0 Å². The van der Waals surface area contributed by atoms with Crippen LogP contribution < -0.4 is 0 Å². The summed E-state index contributed by atoms with van der Waals surface area (Å²) < 4.78 is 0. The van der Waals surface area contributed by atoms with Gasteiger partial charge >= 0.3 is 0 Å². The Labute approximate surface area is 113 Å². The van der Waals surface area contributed by atoms with Crippen molar-refractivity contribution >= 4 is 11.8 Å². The number of hydrogen-bond acceptors (Lipinski definition) is 3. The Kier molecular flexibility index (Phi) is 4.32. The molecule has 1 aromatic rings. The van der Waals surface area contributed by atoms with E-state index in [4.69, 9.17) is 0 Å². The van der Waals surface area contributed by atoms with Gasteiger partial charge in [-0.05, 0) is 12.0 Å². The lowest BCUT2D eigenvalue weighted by Gasteiger charge is -2.17. The molecule has 0 saturated carbocycles. The summed E-state index contributed by atoms with van der Waals surface area (Å²) in [6, 6.07) is 9.42. The normalized spacial score (nSPS) is 20.9. The Morgan fingerprint density at radius 2 is 2.00 bits per heavy atom. The largest absolute Gasteiger partial charge is 0.392 e. The number of rotatable bonds is 5. The maximum absolute atomic E-state index is 12.2. The second-order valence-corrected chi connectivity index (χ2v) is 4.97.